The second-order valence-electron chi connectivity index (χ2n) is 6.68. The Balaban J connectivity index is 1.62. The lowest BCUT2D eigenvalue weighted by Gasteiger charge is -2.15. The summed E-state index contributed by atoms with van der Waals surface area (Å²) in [7, 11) is 2.09. The third-order valence-electron chi connectivity index (χ3n) is 4.67. The average molecular weight is 365 g/mol. The van der Waals surface area contributed by atoms with Crippen LogP contribution < -0.4 is 10.3 Å². The highest BCUT2D eigenvalue weighted by molar-refractivity contribution is 6.31. The first-order chi connectivity index (χ1) is 12.6. The summed E-state index contributed by atoms with van der Waals surface area (Å²) in [5.74, 6) is 0. The van der Waals surface area contributed by atoms with E-state index >= 15 is 0 Å². The van der Waals surface area contributed by atoms with Crippen LogP contribution in [0.5, 0.6) is 0 Å². The van der Waals surface area contributed by atoms with Crippen LogP contribution in [0.1, 0.15) is 11.1 Å². The molecule has 1 N–H and O–H groups in total. The van der Waals surface area contributed by atoms with Gasteiger partial charge in [-0.1, -0.05) is 54.1 Å². The number of quaternary nitrogens is 1. The monoisotopic (exact) mass is 364 g/mol. The molecule has 0 aliphatic carbocycles. The van der Waals surface area contributed by atoms with Gasteiger partial charge in [0.05, 0.1) is 18.0 Å². The standard InChI is InChI=1S/C22H18ClNO2/c1-24(12-16-7-4-6-15-5-2-3-8-19(15)16)13-17-14-26-21-10-9-18(23)11-20(21)22(17)25/h2-11,14H,12-13H2,1H3/p+1. The summed E-state index contributed by atoms with van der Waals surface area (Å²) in [6.45, 7) is 1.42. The molecule has 1 aromatic heterocycles. The van der Waals surface area contributed by atoms with Crippen LogP contribution in [0.4, 0.5) is 0 Å². The van der Waals surface area contributed by atoms with Crippen LogP contribution in [-0.2, 0) is 13.1 Å². The molecular weight excluding hydrogens is 346 g/mol. The molecule has 0 aliphatic heterocycles. The van der Waals surface area contributed by atoms with Crippen LogP contribution in [0.25, 0.3) is 21.7 Å². The first kappa shape index (κ1) is 16.8. The summed E-state index contributed by atoms with van der Waals surface area (Å²) >= 11 is 6.03. The fraction of sp³-hybridized carbons (Fsp3) is 0.136. The smallest absolute Gasteiger partial charge is 0.201 e. The van der Waals surface area contributed by atoms with Gasteiger partial charge < -0.3 is 9.32 Å². The lowest BCUT2D eigenvalue weighted by molar-refractivity contribution is -0.907. The number of rotatable bonds is 4. The number of fused-ring (bicyclic) bond motifs is 2. The molecule has 0 fully saturated rings. The maximum Gasteiger partial charge on any atom is 0.201 e. The van der Waals surface area contributed by atoms with Gasteiger partial charge in [-0.2, -0.15) is 0 Å². The molecule has 0 saturated heterocycles. The predicted octanol–water partition coefficient (Wildman–Crippen LogP) is 3.81. The summed E-state index contributed by atoms with van der Waals surface area (Å²) < 4.78 is 5.63. The maximum atomic E-state index is 12.7. The maximum absolute atomic E-state index is 12.7. The molecule has 0 bridgehead atoms. The molecule has 0 spiro atoms. The van der Waals surface area contributed by atoms with E-state index in [0.29, 0.717) is 28.1 Å². The first-order valence-electron chi connectivity index (χ1n) is 8.60. The lowest BCUT2D eigenvalue weighted by Crippen LogP contribution is -3.06. The third kappa shape index (κ3) is 3.24. The number of benzene rings is 3. The Labute approximate surface area is 156 Å². The molecule has 0 radical (unpaired) electrons. The molecule has 4 aromatic rings. The molecule has 3 aromatic carbocycles. The molecular formula is C22H19ClNO2+. The van der Waals surface area contributed by atoms with Gasteiger partial charge in [0.25, 0.3) is 0 Å². The zero-order valence-corrected chi connectivity index (χ0v) is 15.2. The average Bonchev–Trinajstić information content (AvgIpc) is 2.65. The van der Waals surface area contributed by atoms with E-state index < -0.39 is 0 Å². The number of hydrogen-bond acceptors (Lipinski definition) is 2. The number of halogens is 1. The van der Waals surface area contributed by atoms with E-state index in [2.05, 4.69) is 43.4 Å². The third-order valence-corrected chi connectivity index (χ3v) is 4.91. The first-order valence-corrected chi connectivity index (χ1v) is 8.97. The minimum absolute atomic E-state index is 0.00832. The van der Waals surface area contributed by atoms with Gasteiger partial charge in [-0.15, -0.1) is 0 Å². The Bertz CT molecular complexity index is 1140. The van der Waals surface area contributed by atoms with Crippen LogP contribution >= 0.6 is 11.6 Å². The molecule has 26 heavy (non-hydrogen) atoms. The topological polar surface area (TPSA) is 34.7 Å². The SMILES string of the molecule is C[NH+](Cc1coc2ccc(Cl)cc2c1=O)Cc1cccc2ccccc12. The minimum atomic E-state index is -0.00832. The van der Waals surface area contributed by atoms with Gasteiger partial charge in [-0.05, 0) is 29.0 Å². The van der Waals surface area contributed by atoms with Crippen molar-refractivity contribution in [1.29, 1.82) is 0 Å². The molecule has 4 rings (SSSR count). The minimum Gasteiger partial charge on any atom is -0.464 e. The van der Waals surface area contributed by atoms with Crippen molar-refractivity contribution in [3.8, 4) is 0 Å². The highest BCUT2D eigenvalue weighted by Crippen LogP contribution is 2.18. The van der Waals surface area contributed by atoms with Crippen LogP contribution in [0.3, 0.4) is 0 Å². The van der Waals surface area contributed by atoms with Crippen LogP contribution in [0.2, 0.25) is 5.02 Å². The van der Waals surface area contributed by atoms with E-state index in [1.165, 1.54) is 21.2 Å². The van der Waals surface area contributed by atoms with Crippen molar-refractivity contribution in [2.45, 2.75) is 13.1 Å². The van der Waals surface area contributed by atoms with Gasteiger partial charge in [-0.25, -0.2) is 0 Å². The fourth-order valence-corrected chi connectivity index (χ4v) is 3.60. The molecule has 130 valence electrons. The summed E-state index contributed by atoms with van der Waals surface area (Å²) in [6, 6.07) is 19.9. The van der Waals surface area contributed by atoms with Crippen LogP contribution in [0, 0.1) is 0 Å². The lowest BCUT2D eigenvalue weighted by atomic mass is 10.0. The Morgan fingerprint density at radius 1 is 0.923 bits per heavy atom. The van der Waals surface area contributed by atoms with Gasteiger partial charge in [0.15, 0.2) is 0 Å². The Kier molecular flexibility index (Phi) is 4.49. The van der Waals surface area contributed by atoms with Crippen molar-refractivity contribution in [2.24, 2.45) is 0 Å². The van der Waals surface area contributed by atoms with E-state index in [1.54, 1.807) is 24.5 Å². The van der Waals surface area contributed by atoms with Gasteiger partial charge >= 0.3 is 0 Å². The Hall–Kier alpha value is -2.62. The molecule has 0 amide bonds. The van der Waals surface area contributed by atoms with Gasteiger partial charge in [0, 0.05) is 10.6 Å². The van der Waals surface area contributed by atoms with E-state index in [9.17, 15) is 4.79 Å². The Morgan fingerprint density at radius 3 is 2.58 bits per heavy atom. The van der Waals surface area contributed by atoms with Gasteiger partial charge in [0.2, 0.25) is 5.43 Å². The summed E-state index contributed by atoms with van der Waals surface area (Å²) in [5, 5.41) is 3.57. The molecule has 0 aliphatic rings. The molecule has 3 nitrogen and oxygen atoms in total. The highest BCUT2D eigenvalue weighted by Gasteiger charge is 2.13. The van der Waals surface area contributed by atoms with E-state index in [1.807, 2.05) is 6.07 Å². The molecule has 0 saturated carbocycles. The highest BCUT2D eigenvalue weighted by atomic mass is 35.5. The second kappa shape index (κ2) is 6.94. The largest absolute Gasteiger partial charge is 0.464 e. The van der Waals surface area contributed by atoms with Crippen molar-refractivity contribution in [3.05, 3.63) is 93.3 Å². The van der Waals surface area contributed by atoms with Crippen LogP contribution in [-0.4, -0.2) is 7.05 Å². The van der Waals surface area contributed by atoms with Crippen molar-refractivity contribution < 1.29 is 9.32 Å². The molecule has 4 heteroatoms. The van der Waals surface area contributed by atoms with Crippen molar-refractivity contribution in [2.75, 3.05) is 7.05 Å². The number of hydrogen-bond donors (Lipinski definition) is 1. The van der Waals surface area contributed by atoms with E-state index in [-0.39, 0.29) is 5.43 Å². The van der Waals surface area contributed by atoms with Crippen LogP contribution in [0.15, 0.2) is 76.1 Å². The fourth-order valence-electron chi connectivity index (χ4n) is 3.42. The van der Waals surface area contributed by atoms with Crippen molar-refractivity contribution in [1.82, 2.24) is 0 Å². The van der Waals surface area contributed by atoms with E-state index in [4.69, 9.17) is 16.0 Å². The normalized spacial score (nSPS) is 12.5. The van der Waals surface area contributed by atoms with Crippen molar-refractivity contribution >= 4 is 33.3 Å². The van der Waals surface area contributed by atoms with Gasteiger partial charge in [-0.3, -0.25) is 4.79 Å². The zero-order chi connectivity index (χ0) is 18.1. The zero-order valence-electron chi connectivity index (χ0n) is 14.5. The van der Waals surface area contributed by atoms with Crippen molar-refractivity contribution in [3.63, 3.8) is 0 Å². The molecule has 1 unspecified atom stereocenters. The number of nitrogens with one attached hydrogen (secondary N) is 1. The predicted molar refractivity (Wildman–Crippen MR) is 106 cm³/mol. The molecule has 1 heterocycles. The quantitative estimate of drug-likeness (QED) is 0.597. The molecule has 1 atom stereocenters. The van der Waals surface area contributed by atoms with Gasteiger partial charge in [0.1, 0.15) is 24.9 Å². The summed E-state index contributed by atoms with van der Waals surface area (Å²) in [5.41, 5.74) is 2.49. The van der Waals surface area contributed by atoms with E-state index in [0.717, 1.165) is 6.54 Å². The second-order valence-corrected chi connectivity index (χ2v) is 7.12. The Morgan fingerprint density at radius 2 is 1.69 bits per heavy atom. The summed E-state index contributed by atoms with van der Waals surface area (Å²) in [6.07, 6.45) is 1.57. The summed E-state index contributed by atoms with van der Waals surface area (Å²) in [4.78, 5) is 14.0.